The second kappa shape index (κ2) is 10.9. The molecule has 3 aromatic carbocycles. The van der Waals surface area contributed by atoms with Crippen LogP contribution in [0.4, 0.5) is 11.4 Å². The average Bonchev–Trinajstić information content (AvgIpc) is 3.43. The number of anilines is 2. The predicted octanol–water partition coefficient (Wildman–Crippen LogP) is 5.67. The number of hydrogen-bond donors (Lipinski definition) is 2. The molecule has 1 saturated heterocycles. The third-order valence-corrected chi connectivity index (χ3v) is 9.81. The molecule has 2 aliphatic rings. The number of carbonyl (C=O) groups is 3. The molecule has 1 aromatic heterocycles. The van der Waals surface area contributed by atoms with Gasteiger partial charge in [-0.15, -0.1) is 0 Å². The standard InChI is InChI=1S/C28H19BrClN3O5S2/c29-15-4-10-18(11-5-15)33-26(35)22-21(23-25(32-28(37)40-23)39-24(22)27(33)36)14-2-1-3-19(12-14)38-13-20(34)31-17-8-6-16(30)7-9-17/h1-12,21-22,24H,13H2,(H,31,34)(H,32,37)/t21-,22-,24+/m0/s1. The number of imide groups is 1. The summed E-state index contributed by atoms with van der Waals surface area (Å²) in [6.07, 6.45) is 0. The van der Waals surface area contributed by atoms with Gasteiger partial charge >= 0.3 is 4.87 Å². The van der Waals surface area contributed by atoms with E-state index < -0.39 is 17.1 Å². The third kappa shape index (κ3) is 5.10. The molecule has 3 atom stereocenters. The van der Waals surface area contributed by atoms with E-state index in [2.05, 4.69) is 26.2 Å². The van der Waals surface area contributed by atoms with E-state index in [9.17, 15) is 19.2 Å². The van der Waals surface area contributed by atoms with Gasteiger partial charge in [0, 0.05) is 26.0 Å². The Bertz CT molecular complexity index is 1690. The van der Waals surface area contributed by atoms with Crippen LogP contribution in [0.2, 0.25) is 5.02 Å². The first kappa shape index (κ1) is 26.8. The highest BCUT2D eigenvalue weighted by Gasteiger charge is 2.56. The summed E-state index contributed by atoms with van der Waals surface area (Å²) in [4.78, 5) is 56.7. The zero-order valence-electron chi connectivity index (χ0n) is 20.4. The summed E-state index contributed by atoms with van der Waals surface area (Å²) in [6.45, 7) is -0.240. The van der Waals surface area contributed by atoms with Crippen molar-refractivity contribution in [1.82, 2.24) is 4.98 Å². The lowest BCUT2D eigenvalue weighted by Crippen LogP contribution is -2.32. The molecule has 2 N–H and O–H groups in total. The van der Waals surface area contributed by atoms with Gasteiger partial charge in [0.1, 0.15) is 11.0 Å². The summed E-state index contributed by atoms with van der Waals surface area (Å²) >= 11 is 11.5. The van der Waals surface area contributed by atoms with Crippen LogP contribution in [-0.4, -0.2) is 34.6 Å². The first-order valence-corrected chi connectivity index (χ1v) is 15.0. The van der Waals surface area contributed by atoms with Crippen molar-refractivity contribution in [2.45, 2.75) is 16.2 Å². The van der Waals surface area contributed by atoms with Gasteiger partial charge in [0.15, 0.2) is 6.61 Å². The Morgan fingerprint density at radius 2 is 1.77 bits per heavy atom. The van der Waals surface area contributed by atoms with Crippen molar-refractivity contribution in [1.29, 1.82) is 0 Å². The molecular weight excluding hydrogens is 638 g/mol. The van der Waals surface area contributed by atoms with Gasteiger partial charge in [-0.2, -0.15) is 0 Å². The Labute approximate surface area is 249 Å². The summed E-state index contributed by atoms with van der Waals surface area (Å²) < 4.78 is 6.61. The molecule has 0 radical (unpaired) electrons. The molecule has 12 heteroatoms. The lowest BCUT2D eigenvalue weighted by atomic mass is 9.83. The molecule has 4 aromatic rings. The SMILES string of the molecule is O=C(COc1cccc([C@@H]2c3sc(=O)[nH]c3S[C@H]3C(=O)N(c4ccc(Br)cc4)C(=O)[C@@H]23)c1)Nc1ccc(Cl)cc1. The number of benzene rings is 3. The van der Waals surface area contributed by atoms with E-state index in [1.807, 2.05) is 6.07 Å². The third-order valence-electron chi connectivity index (χ3n) is 6.62. The molecule has 0 aliphatic carbocycles. The number of H-pyrrole nitrogens is 1. The maximum Gasteiger partial charge on any atom is 0.305 e. The van der Waals surface area contributed by atoms with Crippen LogP contribution >= 0.6 is 50.6 Å². The summed E-state index contributed by atoms with van der Waals surface area (Å²) in [5.74, 6) is -1.84. The second-order valence-electron chi connectivity index (χ2n) is 9.15. The molecule has 0 bridgehead atoms. The number of thioether (sulfide) groups is 1. The van der Waals surface area contributed by atoms with Crippen molar-refractivity contribution in [3.05, 3.63) is 102 Å². The highest BCUT2D eigenvalue weighted by molar-refractivity contribution is 9.10. The predicted molar refractivity (Wildman–Crippen MR) is 159 cm³/mol. The van der Waals surface area contributed by atoms with Gasteiger partial charge in [0.25, 0.3) is 5.91 Å². The summed E-state index contributed by atoms with van der Waals surface area (Å²) in [5.41, 5.74) is 1.79. The Kier molecular flexibility index (Phi) is 7.30. The average molecular weight is 657 g/mol. The van der Waals surface area contributed by atoms with E-state index in [1.165, 1.54) is 16.7 Å². The van der Waals surface area contributed by atoms with Crippen LogP contribution < -0.4 is 19.8 Å². The lowest BCUT2D eigenvalue weighted by molar-refractivity contribution is -0.122. The maximum atomic E-state index is 13.8. The summed E-state index contributed by atoms with van der Waals surface area (Å²) in [5, 5.41) is 3.20. The number of aromatic nitrogens is 1. The molecule has 8 nitrogen and oxygen atoms in total. The molecule has 3 amide bonds. The van der Waals surface area contributed by atoms with Crippen LogP contribution in [0, 0.1) is 5.92 Å². The minimum Gasteiger partial charge on any atom is -0.484 e. The first-order valence-electron chi connectivity index (χ1n) is 12.1. The van der Waals surface area contributed by atoms with Crippen LogP contribution in [0.3, 0.4) is 0 Å². The number of nitrogens with one attached hydrogen (secondary N) is 2. The van der Waals surface area contributed by atoms with Crippen LogP contribution in [-0.2, 0) is 14.4 Å². The number of carbonyl (C=O) groups excluding carboxylic acids is 3. The van der Waals surface area contributed by atoms with Gasteiger partial charge in [0.05, 0.1) is 16.6 Å². The van der Waals surface area contributed by atoms with E-state index >= 15 is 0 Å². The number of ether oxygens (including phenoxy) is 1. The lowest BCUT2D eigenvalue weighted by Gasteiger charge is -2.30. The fourth-order valence-electron chi connectivity index (χ4n) is 4.90. The molecule has 40 heavy (non-hydrogen) atoms. The van der Waals surface area contributed by atoms with E-state index in [0.717, 1.165) is 15.8 Å². The smallest absolute Gasteiger partial charge is 0.305 e. The van der Waals surface area contributed by atoms with Crippen molar-refractivity contribution >= 4 is 79.7 Å². The highest BCUT2D eigenvalue weighted by Crippen LogP contribution is 2.53. The Hall–Kier alpha value is -3.38. The number of nitrogens with zero attached hydrogens (tertiary/aromatic N) is 1. The number of thiazole rings is 1. The molecule has 2 aliphatic heterocycles. The number of halogens is 2. The molecule has 0 saturated carbocycles. The Morgan fingerprint density at radius 1 is 1.02 bits per heavy atom. The Balaban J connectivity index is 1.28. The quantitative estimate of drug-likeness (QED) is 0.259. The van der Waals surface area contributed by atoms with Crippen LogP contribution in [0.15, 0.2) is 87.1 Å². The largest absolute Gasteiger partial charge is 0.484 e. The summed E-state index contributed by atoms with van der Waals surface area (Å²) in [6, 6.07) is 20.8. The van der Waals surface area contributed by atoms with Crippen LogP contribution in [0.25, 0.3) is 0 Å². The zero-order valence-corrected chi connectivity index (χ0v) is 24.4. The Morgan fingerprint density at radius 3 is 2.52 bits per heavy atom. The number of hydrogen-bond acceptors (Lipinski definition) is 7. The molecule has 0 spiro atoms. The zero-order chi connectivity index (χ0) is 28.0. The minimum absolute atomic E-state index is 0.240. The second-order valence-corrected chi connectivity index (χ2v) is 12.7. The monoisotopic (exact) mass is 655 g/mol. The summed E-state index contributed by atoms with van der Waals surface area (Å²) in [7, 11) is 0. The van der Waals surface area contributed by atoms with E-state index in [0.29, 0.717) is 37.6 Å². The van der Waals surface area contributed by atoms with Gasteiger partial charge in [0.2, 0.25) is 11.8 Å². The van der Waals surface area contributed by atoms with Crippen LogP contribution in [0.5, 0.6) is 5.75 Å². The molecule has 202 valence electrons. The number of fused-ring (bicyclic) bond motifs is 2. The number of amides is 3. The minimum atomic E-state index is -0.719. The van der Waals surface area contributed by atoms with E-state index in [4.69, 9.17) is 16.3 Å². The molecular formula is C28H19BrClN3O5S2. The van der Waals surface area contributed by atoms with Crippen molar-refractivity contribution in [3.63, 3.8) is 0 Å². The fourth-order valence-corrected chi connectivity index (χ4v) is 7.80. The van der Waals surface area contributed by atoms with Crippen molar-refractivity contribution < 1.29 is 19.1 Å². The fraction of sp³-hybridized carbons (Fsp3) is 0.143. The van der Waals surface area contributed by atoms with Gasteiger partial charge < -0.3 is 15.0 Å². The number of rotatable bonds is 6. The normalized spacial score (nSPS) is 19.8. The number of aromatic amines is 1. The van der Waals surface area contributed by atoms with Gasteiger partial charge in [-0.1, -0.05) is 62.8 Å². The highest BCUT2D eigenvalue weighted by atomic mass is 79.9. The van der Waals surface area contributed by atoms with Gasteiger partial charge in [-0.05, 0) is 66.2 Å². The molecule has 0 unspecified atom stereocenters. The van der Waals surface area contributed by atoms with Crippen molar-refractivity contribution in [3.8, 4) is 5.75 Å². The van der Waals surface area contributed by atoms with Crippen LogP contribution in [0.1, 0.15) is 16.4 Å². The molecule has 3 heterocycles. The molecule has 6 rings (SSSR count). The maximum absolute atomic E-state index is 13.8. The molecule has 1 fully saturated rings. The topological polar surface area (TPSA) is 109 Å². The van der Waals surface area contributed by atoms with Gasteiger partial charge in [-0.25, -0.2) is 4.90 Å². The first-order chi connectivity index (χ1) is 19.3. The van der Waals surface area contributed by atoms with Crippen molar-refractivity contribution in [2.24, 2.45) is 5.92 Å². The van der Waals surface area contributed by atoms with Crippen molar-refractivity contribution in [2.75, 3.05) is 16.8 Å². The van der Waals surface area contributed by atoms with E-state index in [-0.39, 0.29) is 29.2 Å². The van der Waals surface area contributed by atoms with Gasteiger partial charge in [-0.3, -0.25) is 19.2 Å². The van der Waals surface area contributed by atoms with E-state index in [1.54, 1.807) is 66.7 Å².